The predicted molar refractivity (Wildman–Crippen MR) is 67.2 cm³/mol. The molecule has 0 saturated heterocycles. The molecule has 2 heterocycles. The van der Waals surface area contributed by atoms with Crippen molar-refractivity contribution in [2.75, 3.05) is 0 Å². The zero-order valence-electron chi connectivity index (χ0n) is 9.91. The second-order valence-electron chi connectivity index (χ2n) is 3.85. The summed E-state index contributed by atoms with van der Waals surface area (Å²) in [6.07, 6.45) is 1.30. The summed E-state index contributed by atoms with van der Waals surface area (Å²) >= 11 is 1.42. The lowest BCUT2D eigenvalue weighted by Crippen LogP contribution is -2.40. The quantitative estimate of drug-likeness (QED) is 0.746. The van der Waals surface area contributed by atoms with Gasteiger partial charge in [0.15, 0.2) is 5.78 Å². The smallest absolute Gasteiger partial charge is 0.294 e. The minimum Gasteiger partial charge on any atom is -0.294 e. The van der Waals surface area contributed by atoms with E-state index in [-0.39, 0.29) is 17.9 Å². The molecule has 2 aromatic heterocycles. The van der Waals surface area contributed by atoms with E-state index in [0.717, 1.165) is 10.3 Å². The van der Waals surface area contributed by atoms with Crippen LogP contribution in [0.5, 0.6) is 0 Å². The molecule has 0 fully saturated rings. The molecule has 0 unspecified atom stereocenters. The molecule has 2 aromatic rings. The number of carbonyl (C=O) groups is 1. The van der Waals surface area contributed by atoms with Crippen molar-refractivity contribution in [2.24, 2.45) is 7.05 Å². The number of nitrogens with zero attached hydrogens (tertiary/aromatic N) is 3. The molecule has 0 aliphatic carbocycles. The van der Waals surface area contributed by atoms with Crippen molar-refractivity contribution in [1.29, 1.82) is 0 Å². The molecule has 0 atom stereocenters. The van der Waals surface area contributed by atoms with Crippen molar-refractivity contribution < 1.29 is 4.79 Å². The van der Waals surface area contributed by atoms with Crippen molar-refractivity contribution in [1.82, 2.24) is 14.1 Å². The van der Waals surface area contributed by atoms with Crippen LogP contribution in [0.1, 0.15) is 23.0 Å². The predicted octanol–water partition coefficient (Wildman–Crippen LogP) is 0.254. The number of aromatic nitrogens is 3. The summed E-state index contributed by atoms with van der Waals surface area (Å²) in [4.78, 5) is 39.0. The first kappa shape index (κ1) is 12.4. The first-order chi connectivity index (χ1) is 8.50. The second kappa shape index (κ2) is 4.69. The Kier molecular flexibility index (Phi) is 3.24. The molecule has 2 rings (SSSR count). The molecule has 0 aliphatic rings. The number of hydrogen-bond donors (Lipinski definition) is 0. The fraction of sp³-hybridized carbons (Fsp3) is 0.273. The Morgan fingerprint density at radius 1 is 1.44 bits per heavy atom. The van der Waals surface area contributed by atoms with Crippen LogP contribution in [0, 0.1) is 0 Å². The van der Waals surface area contributed by atoms with Gasteiger partial charge in [0.2, 0.25) is 0 Å². The third-order valence-corrected chi connectivity index (χ3v) is 3.18. The van der Waals surface area contributed by atoms with Crippen molar-refractivity contribution in [3.63, 3.8) is 0 Å². The van der Waals surface area contributed by atoms with Gasteiger partial charge in [-0.3, -0.25) is 18.7 Å². The summed E-state index contributed by atoms with van der Waals surface area (Å²) in [7, 11) is 1.36. The normalized spacial score (nSPS) is 10.6. The first-order valence-electron chi connectivity index (χ1n) is 5.19. The Morgan fingerprint density at radius 2 is 2.17 bits per heavy atom. The monoisotopic (exact) mass is 265 g/mol. The van der Waals surface area contributed by atoms with Crippen LogP contribution in [-0.2, 0) is 13.6 Å². The Bertz CT molecular complexity index is 697. The Balaban J connectivity index is 2.58. The van der Waals surface area contributed by atoms with Crippen LogP contribution in [0.25, 0.3) is 0 Å². The number of rotatable bonds is 3. The fourth-order valence-electron chi connectivity index (χ4n) is 1.57. The third-order valence-electron chi connectivity index (χ3n) is 2.55. The van der Waals surface area contributed by atoms with Crippen molar-refractivity contribution >= 4 is 17.1 Å². The van der Waals surface area contributed by atoms with Gasteiger partial charge in [0.05, 0.1) is 23.3 Å². The lowest BCUT2D eigenvalue weighted by molar-refractivity contribution is 0.101. The largest absolute Gasteiger partial charge is 0.331 e. The van der Waals surface area contributed by atoms with E-state index in [1.54, 1.807) is 5.51 Å². The highest BCUT2D eigenvalue weighted by Crippen LogP contribution is 2.02. The maximum atomic E-state index is 11.9. The number of ketones is 1. The summed E-state index contributed by atoms with van der Waals surface area (Å²) in [6, 6.07) is 0. The Morgan fingerprint density at radius 3 is 2.72 bits per heavy atom. The third kappa shape index (κ3) is 2.17. The molecule has 0 saturated carbocycles. The maximum absolute atomic E-state index is 11.9. The van der Waals surface area contributed by atoms with E-state index >= 15 is 0 Å². The van der Waals surface area contributed by atoms with Crippen molar-refractivity contribution in [2.45, 2.75) is 13.5 Å². The van der Waals surface area contributed by atoms with Crippen LogP contribution >= 0.6 is 11.3 Å². The zero-order chi connectivity index (χ0) is 13.3. The Hall–Kier alpha value is -2.02. The van der Waals surface area contributed by atoms with E-state index < -0.39 is 11.2 Å². The molecule has 0 aliphatic heterocycles. The average molecular weight is 265 g/mol. The van der Waals surface area contributed by atoms with Crippen LogP contribution in [0.15, 0.2) is 26.7 Å². The highest BCUT2D eigenvalue weighted by molar-refractivity contribution is 7.07. The van der Waals surface area contributed by atoms with Gasteiger partial charge in [-0.25, -0.2) is 9.78 Å². The number of Topliss-reactive ketones (excluding diaryl/α,β-unsaturated/α-hetero) is 1. The molecule has 0 N–H and O–H groups in total. The molecule has 7 heteroatoms. The van der Waals surface area contributed by atoms with Crippen molar-refractivity contribution in [3.8, 4) is 0 Å². The average Bonchev–Trinajstić information content (AvgIpc) is 2.82. The minimum absolute atomic E-state index is 0.00679. The van der Waals surface area contributed by atoms with Crippen LogP contribution in [0.2, 0.25) is 0 Å². The summed E-state index contributed by atoms with van der Waals surface area (Å²) < 4.78 is 2.25. The van der Waals surface area contributed by atoms with Gasteiger partial charge >= 0.3 is 5.69 Å². The lowest BCUT2D eigenvalue weighted by atomic mass is 10.2. The van der Waals surface area contributed by atoms with Gasteiger partial charge in [-0.2, -0.15) is 0 Å². The summed E-state index contributed by atoms with van der Waals surface area (Å²) in [5, 5.41) is 1.81. The Labute approximate surface area is 106 Å². The SMILES string of the molecule is CC(=O)c1cn(Cc2cscn2)c(=O)n(C)c1=O. The topological polar surface area (TPSA) is 74.0 Å². The molecular weight excluding hydrogens is 254 g/mol. The summed E-state index contributed by atoms with van der Waals surface area (Å²) in [5.41, 5.74) is 1.36. The van der Waals surface area contributed by atoms with Gasteiger partial charge in [-0.15, -0.1) is 11.3 Å². The van der Waals surface area contributed by atoms with Crippen LogP contribution in [-0.4, -0.2) is 19.9 Å². The van der Waals surface area contributed by atoms with E-state index in [1.807, 2.05) is 5.38 Å². The van der Waals surface area contributed by atoms with Gasteiger partial charge < -0.3 is 0 Å². The van der Waals surface area contributed by atoms with E-state index in [2.05, 4.69) is 4.98 Å². The van der Waals surface area contributed by atoms with Crippen LogP contribution in [0.4, 0.5) is 0 Å². The number of thiazole rings is 1. The van der Waals surface area contributed by atoms with Crippen LogP contribution < -0.4 is 11.2 Å². The highest BCUT2D eigenvalue weighted by atomic mass is 32.1. The fourth-order valence-corrected chi connectivity index (χ4v) is 2.12. The lowest BCUT2D eigenvalue weighted by Gasteiger charge is -2.07. The maximum Gasteiger partial charge on any atom is 0.331 e. The zero-order valence-corrected chi connectivity index (χ0v) is 10.7. The molecular formula is C11H11N3O3S. The highest BCUT2D eigenvalue weighted by Gasteiger charge is 2.12. The first-order valence-corrected chi connectivity index (χ1v) is 6.13. The van der Waals surface area contributed by atoms with Gasteiger partial charge in [-0.1, -0.05) is 0 Å². The molecule has 18 heavy (non-hydrogen) atoms. The number of hydrogen-bond acceptors (Lipinski definition) is 5. The standard InChI is InChI=1S/C11H11N3O3S/c1-7(15)9-4-14(3-8-5-18-6-12-8)11(17)13(2)10(9)16/h4-6H,3H2,1-2H3. The molecule has 6 nitrogen and oxygen atoms in total. The van der Waals surface area contributed by atoms with E-state index in [0.29, 0.717) is 0 Å². The van der Waals surface area contributed by atoms with Crippen molar-refractivity contribution in [3.05, 3.63) is 49.2 Å². The summed E-state index contributed by atoms with van der Waals surface area (Å²) in [6.45, 7) is 1.55. The van der Waals surface area contributed by atoms with Gasteiger partial charge in [0.1, 0.15) is 0 Å². The van der Waals surface area contributed by atoms with Gasteiger partial charge in [0, 0.05) is 18.6 Å². The van der Waals surface area contributed by atoms with Crippen LogP contribution in [0.3, 0.4) is 0 Å². The second-order valence-corrected chi connectivity index (χ2v) is 4.57. The molecule has 0 amide bonds. The molecule has 0 radical (unpaired) electrons. The van der Waals surface area contributed by atoms with E-state index in [1.165, 1.54) is 36.1 Å². The minimum atomic E-state index is -0.568. The molecule has 0 bridgehead atoms. The number of carbonyl (C=O) groups excluding carboxylic acids is 1. The summed E-state index contributed by atoms with van der Waals surface area (Å²) in [5.74, 6) is -0.359. The van der Waals surface area contributed by atoms with E-state index in [4.69, 9.17) is 0 Å². The van der Waals surface area contributed by atoms with E-state index in [9.17, 15) is 14.4 Å². The molecule has 94 valence electrons. The molecule has 0 aromatic carbocycles. The molecule has 0 spiro atoms. The van der Waals surface area contributed by atoms with Gasteiger partial charge in [-0.05, 0) is 6.92 Å². The van der Waals surface area contributed by atoms with Gasteiger partial charge in [0.25, 0.3) is 5.56 Å².